The van der Waals surface area contributed by atoms with Gasteiger partial charge in [0.05, 0.1) is 18.8 Å². The summed E-state index contributed by atoms with van der Waals surface area (Å²) in [7, 11) is 0. The first kappa shape index (κ1) is 16.7. The maximum Gasteiger partial charge on any atom is 0.0900 e. The molecule has 3 aliphatic rings. The Hall–Kier alpha value is -0.120. The maximum atomic E-state index is 10.4. The Kier molecular flexibility index (Phi) is 4.87. The van der Waals surface area contributed by atoms with Gasteiger partial charge in [-0.15, -0.1) is 0 Å². The summed E-state index contributed by atoms with van der Waals surface area (Å²) in [5.41, 5.74) is 0.702. The van der Waals surface area contributed by atoms with Crippen LogP contribution in [0.4, 0.5) is 0 Å². The summed E-state index contributed by atoms with van der Waals surface area (Å²) in [5, 5.41) is 10.4. The number of hydrogen-bond acceptors (Lipinski definition) is 3. The Balaban J connectivity index is 1.46. The highest BCUT2D eigenvalue weighted by Gasteiger charge is 2.61. The number of aliphatic hydroxyl groups is 1. The molecule has 1 aliphatic heterocycles. The molecule has 0 aromatic carbocycles. The zero-order valence-corrected chi connectivity index (χ0v) is 14.8. The van der Waals surface area contributed by atoms with Crippen molar-refractivity contribution in [3.63, 3.8) is 0 Å². The third kappa shape index (κ3) is 2.97. The number of nitrogens with zero attached hydrogens (tertiary/aromatic N) is 1. The molecule has 1 heterocycles. The third-order valence-corrected chi connectivity index (χ3v) is 7.37. The number of ether oxygens (including phenoxy) is 1. The van der Waals surface area contributed by atoms with Gasteiger partial charge in [-0.25, -0.2) is 0 Å². The van der Waals surface area contributed by atoms with Gasteiger partial charge in [-0.05, 0) is 61.9 Å². The second-order valence-electron chi connectivity index (χ2n) is 8.80. The predicted octanol–water partition coefficient (Wildman–Crippen LogP) is 3.45. The number of fused-ring (bicyclic) bond motifs is 2. The molecule has 3 nitrogen and oxygen atoms in total. The average molecular weight is 309 g/mol. The predicted molar refractivity (Wildman–Crippen MR) is 89.9 cm³/mol. The molecular weight excluding hydrogens is 274 g/mol. The zero-order valence-electron chi connectivity index (χ0n) is 14.8. The first-order valence-electron chi connectivity index (χ1n) is 9.45. The van der Waals surface area contributed by atoms with Gasteiger partial charge < -0.3 is 14.7 Å². The summed E-state index contributed by atoms with van der Waals surface area (Å²) < 4.78 is 6.23. The summed E-state index contributed by atoms with van der Waals surface area (Å²) in [6, 6.07) is 0. The molecule has 22 heavy (non-hydrogen) atoms. The molecule has 2 bridgehead atoms. The Labute approximate surface area is 136 Å². The fourth-order valence-electron chi connectivity index (χ4n) is 5.28. The van der Waals surface area contributed by atoms with E-state index < -0.39 is 0 Å². The zero-order chi connectivity index (χ0) is 15.8. The molecule has 3 heteroatoms. The van der Waals surface area contributed by atoms with Crippen molar-refractivity contribution in [1.29, 1.82) is 0 Å². The fourth-order valence-corrected chi connectivity index (χ4v) is 5.28. The largest absolute Gasteiger partial charge is 0.389 e. The van der Waals surface area contributed by atoms with Crippen LogP contribution in [-0.4, -0.2) is 48.5 Å². The molecule has 3 fully saturated rings. The lowest BCUT2D eigenvalue weighted by Crippen LogP contribution is -2.40. The van der Waals surface area contributed by atoms with E-state index in [1.54, 1.807) is 0 Å². The minimum atomic E-state index is -0.330. The summed E-state index contributed by atoms with van der Waals surface area (Å²) >= 11 is 0. The van der Waals surface area contributed by atoms with Gasteiger partial charge in [0, 0.05) is 6.54 Å². The highest BCUT2D eigenvalue weighted by Crippen LogP contribution is 2.66. The monoisotopic (exact) mass is 309 g/mol. The molecule has 0 spiro atoms. The summed E-state index contributed by atoms with van der Waals surface area (Å²) in [6.07, 6.45) is 9.12. The van der Waals surface area contributed by atoms with Crippen LogP contribution in [0, 0.1) is 16.7 Å². The molecule has 128 valence electrons. The molecule has 2 aliphatic carbocycles. The van der Waals surface area contributed by atoms with Crippen molar-refractivity contribution in [2.45, 2.75) is 77.9 Å². The Morgan fingerprint density at radius 3 is 2.36 bits per heavy atom. The Morgan fingerprint density at radius 2 is 1.82 bits per heavy atom. The van der Waals surface area contributed by atoms with Gasteiger partial charge >= 0.3 is 0 Å². The van der Waals surface area contributed by atoms with Crippen LogP contribution >= 0.6 is 0 Å². The molecule has 0 unspecified atom stereocenters. The summed E-state index contributed by atoms with van der Waals surface area (Å²) in [5.74, 6) is 0.810. The molecule has 2 saturated carbocycles. The first-order valence-corrected chi connectivity index (χ1v) is 9.45. The van der Waals surface area contributed by atoms with Gasteiger partial charge in [0.2, 0.25) is 0 Å². The molecule has 0 radical (unpaired) electrons. The molecule has 0 aromatic rings. The van der Waals surface area contributed by atoms with E-state index in [9.17, 15) is 5.11 Å². The van der Waals surface area contributed by atoms with Crippen molar-refractivity contribution >= 4 is 0 Å². The topological polar surface area (TPSA) is 32.7 Å². The van der Waals surface area contributed by atoms with Gasteiger partial charge in [-0.3, -0.25) is 0 Å². The van der Waals surface area contributed by atoms with Crippen LogP contribution in [-0.2, 0) is 4.74 Å². The lowest BCUT2D eigenvalue weighted by molar-refractivity contribution is -0.0791. The molecule has 1 N–H and O–H groups in total. The van der Waals surface area contributed by atoms with Crippen molar-refractivity contribution in [3.05, 3.63) is 0 Å². The van der Waals surface area contributed by atoms with E-state index in [4.69, 9.17) is 4.74 Å². The molecule has 3 rings (SSSR count). The third-order valence-electron chi connectivity index (χ3n) is 7.37. The van der Waals surface area contributed by atoms with Crippen LogP contribution in [0.3, 0.4) is 0 Å². The van der Waals surface area contributed by atoms with Crippen LogP contribution in [0.2, 0.25) is 0 Å². The Bertz CT molecular complexity index is 376. The van der Waals surface area contributed by atoms with Crippen LogP contribution in [0.1, 0.15) is 65.7 Å². The summed E-state index contributed by atoms with van der Waals surface area (Å²) in [4.78, 5) is 2.42. The van der Waals surface area contributed by atoms with E-state index in [2.05, 4.69) is 25.7 Å². The van der Waals surface area contributed by atoms with Gasteiger partial charge in [-0.2, -0.15) is 0 Å². The second kappa shape index (κ2) is 6.41. The van der Waals surface area contributed by atoms with Crippen LogP contribution in [0.5, 0.6) is 0 Å². The molecule has 4 atom stereocenters. The SMILES string of the molecule is CC1(C)[C@@H]2CC[C@@]1(C)[C@H](OC[C@H](O)CN1CCCCCC1)C2. The Morgan fingerprint density at radius 1 is 1.14 bits per heavy atom. The van der Waals surface area contributed by atoms with E-state index in [0.717, 1.165) is 25.6 Å². The molecule has 0 amide bonds. The fraction of sp³-hybridized carbons (Fsp3) is 1.00. The average Bonchev–Trinajstić information content (AvgIpc) is 2.74. The lowest BCUT2D eigenvalue weighted by atomic mass is 9.70. The van der Waals surface area contributed by atoms with Crippen molar-refractivity contribution in [2.24, 2.45) is 16.7 Å². The van der Waals surface area contributed by atoms with Gasteiger partial charge in [0.1, 0.15) is 0 Å². The lowest BCUT2D eigenvalue weighted by Gasteiger charge is -2.39. The summed E-state index contributed by atoms with van der Waals surface area (Å²) in [6.45, 7) is 10.8. The standard InChI is InChI=1S/C19H35NO2/c1-18(2)15-8-9-19(18,3)17(12-15)22-14-16(21)13-20-10-6-4-5-7-11-20/h15-17,21H,4-14H2,1-3H3/t15-,16-,17-,19+/m1/s1. The maximum absolute atomic E-state index is 10.4. The highest BCUT2D eigenvalue weighted by molar-refractivity contribution is 5.11. The number of hydrogen-bond donors (Lipinski definition) is 1. The van der Waals surface area contributed by atoms with Gasteiger partial charge in [0.25, 0.3) is 0 Å². The molecular formula is C19H35NO2. The van der Waals surface area contributed by atoms with Crippen molar-refractivity contribution < 1.29 is 9.84 Å². The molecule has 0 aromatic heterocycles. The van der Waals surface area contributed by atoms with Gasteiger partial charge in [-0.1, -0.05) is 33.6 Å². The first-order chi connectivity index (χ1) is 10.4. The van der Waals surface area contributed by atoms with Crippen molar-refractivity contribution in [1.82, 2.24) is 4.90 Å². The van der Waals surface area contributed by atoms with E-state index in [1.807, 2.05) is 0 Å². The number of rotatable bonds is 5. The minimum Gasteiger partial charge on any atom is -0.389 e. The highest BCUT2D eigenvalue weighted by atomic mass is 16.5. The number of likely N-dealkylation sites (tertiary alicyclic amines) is 1. The number of β-amino-alcohol motifs (C(OH)–C–C–N with tert-alkyl or cyclic N) is 1. The van der Waals surface area contributed by atoms with E-state index in [1.165, 1.54) is 44.9 Å². The van der Waals surface area contributed by atoms with Crippen LogP contribution < -0.4 is 0 Å². The van der Waals surface area contributed by atoms with Crippen molar-refractivity contribution in [2.75, 3.05) is 26.2 Å². The van der Waals surface area contributed by atoms with Crippen LogP contribution in [0.15, 0.2) is 0 Å². The van der Waals surface area contributed by atoms with Gasteiger partial charge in [0.15, 0.2) is 0 Å². The quantitative estimate of drug-likeness (QED) is 0.844. The number of aliphatic hydroxyl groups excluding tert-OH is 1. The van der Waals surface area contributed by atoms with Crippen molar-refractivity contribution in [3.8, 4) is 0 Å². The van der Waals surface area contributed by atoms with Crippen LogP contribution in [0.25, 0.3) is 0 Å². The minimum absolute atomic E-state index is 0.306. The second-order valence-corrected chi connectivity index (χ2v) is 8.80. The van der Waals surface area contributed by atoms with E-state index in [0.29, 0.717) is 23.5 Å². The van der Waals surface area contributed by atoms with E-state index >= 15 is 0 Å². The van der Waals surface area contributed by atoms with E-state index in [-0.39, 0.29) is 6.10 Å². The normalized spacial score (nSPS) is 39.8. The smallest absolute Gasteiger partial charge is 0.0900 e. The molecule has 1 saturated heterocycles.